The van der Waals surface area contributed by atoms with Crippen molar-refractivity contribution in [1.82, 2.24) is 9.88 Å². The molecule has 0 spiro atoms. The summed E-state index contributed by atoms with van der Waals surface area (Å²) in [5, 5.41) is 0. The van der Waals surface area contributed by atoms with Gasteiger partial charge in [-0.05, 0) is 32.9 Å². The molecule has 0 aliphatic carbocycles. The van der Waals surface area contributed by atoms with Crippen molar-refractivity contribution < 1.29 is 13.9 Å². The van der Waals surface area contributed by atoms with Crippen LogP contribution in [0.15, 0.2) is 24.4 Å². The average molecular weight is 266 g/mol. The number of nitrogens with zero attached hydrogens (tertiary/aromatic N) is 2. The molecule has 5 heteroatoms. The lowest BCUT2D eigenvalue weighted by molar-refractivity contribution is 0.0255. The Bertz CT molecular complexity index is 458. The molecule has 0 aromatic carbocycles. The monoisotopic (exact) mass is 266 g/mol. The number of carbonyl (C=O) groups excluding carboxylic acids is 1. The van der Waals surface area contributed by atoms with Gasteiger partial charge in [0.1, 0.15) is 5.60 Å². The number of ether oxygens (including phenoxy) is 1. The fourth-order valence-electron chi connectivity index (χ4n) is 2.09. The van der Waals surface area contributed by atoms with Gasteiger partial charge in [-0.3, -0.25) is 4.98 Å². The number of likely N-dealkylation sites (tertiary alicyclic amines) is 1. The van der Waals surface area contributed by atoms with E-state index in [0.717, 1.165) is 0 Å². The Labute approximate surface area is 112 Å². The first-order valence-corrected chi connectivity index (χ1v) is 6.39. The van der Waals surface area contributed by atoms with Gasteiger partial charge in [-0.2, -0.15) is 0 Å². The molecule has 1 aromatic rings. The Morgan fingerprint density at radius 3 is 2.79 bits per heavy atom. The summed E-state index contributed by atoms with van der Waals surface area (Å²) in [4.78, 5) is 17.3. The third-order valence-electron chi connectivity index (χ3n) is 3.00. The summed E-state index contributed by atoms with van der Waals surface area (Å²) in [5.41, 5.74) is -1.76. The molecular weight excluding hydrogens is 247 g/mol. The molecule has 2 heterocycles. The van der Waals surface area contributed by atoms with Crippen LogP contribution in [0.4, 0.5) is 9.18 Å². The van der Waals surface area contributed by atoms with E-state index in [4.69, 9.17) is 4.74 Å². The average Bonchev–Trinajstić information content (AvgIpc) is 2.73. The van der Waals surface area contributed by atoms with E-state index < -0.39 is 17.4 Å². The van der Waals surface area contributed by atoms with Gasteiger partial charge >= 0.3 is 6.09 Å². The molecule has 19 heavy (non-hydrogen) atoms. The lowest BCUT2D eigenvalue weighted by atomic mass is 10.0. The predicted octanol–water partition coefficient (Wildman–Crippen LogP) is 2.89. The van der Waals surface area contributed by atoms with Gasteiger partial charge in [0, 0.05) is 19.2 Å². The molecule has 2 rings (SSSR count). The zero-order chi connectivity index (χ0) is 14.1. The zero-order valence-corrected chi connectivity index (χ0v) is 11.5. The largest absolute Gasteiger partial charge is 0.444 e. The minimum absolute atomic E-state index is 0.00106. The minimum atomic E-state index is -1.57. The Balaban J connectivity index is 2.06. The van der Waals surface area contributed by atoms with Gasteiger partial charge in [0.2, 0.25) is 0 Å². The number of hydrogen-bond donors (Lipinski definition) is 0. The molecule has 1 aliphatic rings. The van der Waals surface area contributed by atoms with Gasteiger partial charge in [-0.15, -0.1) is 0 Å². The molecule has 1 aromatic heterocycles. The second-order valence-electron chi connectivity index (χ2n) is 5.83. The van der Waals surface area contributed by atoms with E-state index in [0.29, 0.717) is 12.2 Å². The van der Waals surface area contributed by atoms with Crippen LogP contribution in [-0.2, 0) is 10.4 Å². The second kappa shape index (κ2) is 4.79. The summed E-state index contributed by atoms with van der Waals surface area (Å²) in [6, 6.07) is 5.14. The molecule has 4 nitrogen and oxygen atoms in total. The number of hydrogen-bond acceptors (Lipinski definition) is 3. The Morgan fingerprint density at radius 1 is 1.47 bits per heavy atom. The van der Waals surface area contributed by atoms with Gasteiger partial charge in [0.05, 0.1) is 12.2 Å². The van der Waals surface area contributed by atoms with E-state index in [2.05, 4.69) is 4.98 Å². The van der Waals surface area contributed by atoms with Crippen LogP contribution in [0.25, 0.3) is 0 Å². The van der Waals surface area contributed by atoms with Crippen molar-refractivity contribution in [2.24, 2.45) is 0 Å². The van der Waals surface area contributed by atoms with Crippen LogP contribution in [-0.4, -0.2) is 34.7 Å². The van der Waals surface area contributed by atoms with Gasteiger partial charge in [-0.25, -0.2) is 9.18 Å². The van der Waals surface area contributed by atoms with E-state index >= 15 is 0 Å². The predicted molar refractivity (Wildman–Crippen MR) is 69.4 cm³/mol. The molecule has 1 atom stereocenters. The van der Waals surface area contributed by atoms with Crippen LogP contribution in [0, 0.1) is 0 Å². The lowest BCUT2D eigenvalue weighted by Crippen LogP contribution is -2.37. The number of aromatic nitrogens is 1. The smallest absolute Gasteiger partial charge is 0.410 e. The number of amides is 1. The topological polar surface area (TPSA) is 42.4 Å². The van der Waals surface area contributed by atoms with Crippen molar-refractivity contribution in [3.8, 4) is 0 Å². The second-order valence-corrected chi connectivity index (χ2v) is 5.83. The first-order valence-electron chi connectivity index (χ1n) is 6.39. The number of alkyl halides is 1. The van der Waals surface area contributed by atoms with E-state index in [-0.39, 0.29) is 13.0 Å². The Kier molecular flexibility index (Phi) is 3.47. The highest BCUT2D eigenvalue weighted by Crippen LogP contribution is 2.35. The van der Waals surface area contributed by atoms with Gasteiger partial charge in [-0.1, -0.05) is 6.07 Å². The molecule has 1 aliphatic heterocycles. The molecule has 104 valence electrons. The van der Waals surface area contributed by atoms with Crippen molar-refractivity contribution in [2.45, 2.75) is 38.5 Å². The quantitative estimate of drug-likeness (QED) is 0.785. The van der Waals surface area contributed by atoms with Crippen molar-refractivity contribution in [3.63, 3.8) is 0 Å². The van der Waals surface area contributed by atoms with E-state index in [1.165, 1.54) is 4.90 Å². The summed E-state index contributed by atoms with van der Waals surface area (Å²) in [5.74, 6) is 0. The first kappa shape index (κ1) is 13.8. The van der Waals surface area contributed by atoms with Gasteiger partial charge < -0.3 is 9.64 Å². The maximum atomic E-state index is 14.8. The summed E-state index contributed by atoms with van der Waals surface area (Å²) in [6.07, 6.45) is 1.35. The molecule has 0 bridgehead atoms. The Hall–Kier alpha value is -1.65. The van der Waals surface area contributed by atoms with Crippen molar-refractivity contribution >= 4 is 6.09 Å². The first-order chi connectivity index (χ1) is 8.80. The molecule has 1 amide bonds. The van der Waals surface area contributed by atoms with E-state index in [1.807, 2.05) is 0 Å². The molecular formula is C14H19FN2O2. The molecule has 0 unspecified atom stereocenters. The fraction of sp³-hybridized carbons (Fsp3) is 0.571. The third kappa shape index (κ3) is 3.22. The molecule has 0 saturated carbocycles. The van der Waals surface area contributed by atoms with Crippen LogP contribution >= 0.6 is 0 Å². The van der Waals surface area contributed by atoms with Gasteiger partial charge in [0.15, 0.2) is 5.67 Å². The highest BCUT2D eigenvalue weighted by molar-refractivity contribution is 5.68. The summed E-state index contributed by atoms with van der Waals surface area (Å²) < 4.78 is 20.0. The molecule has 0 radical (unpaired) electrons. The van der Waals surface area contributed by atoms with Crippen molar-refractivity contribution in [2.75, 3.05) is 13.1 Å². The van der Waals surface area contributed by atoms with E-state index in [1.54, 1.807) is 45.2 Å². The van der Waals surface area contributed by atoms with Crippen LogP contribution < -0.4 is 0 Å². The van der Waals surface area contributed by atoms with Gasteiger partial charge in [0.25, 0.3) is 0 Å². The molecule has 0 N–H and O–H groups in total. The van der Waals surface area contributed by atoms with Crippen molar-refractivity contribution in [3.05, 3.63) is 30.1 Å². The van der Waals surface area contributed by atoms with Crippen LogP contribution in [0.3, 0.4) is 0 Å². The minimum Gasteiger partial charge on any atom is -0.444 e. The number of pyridine rings is 1. The normalized spacial score (nSPS) is 23.5. The third-order valence-corrected chi connectivity index (χ3v) is 3.00. The van der Waals surface area contributed by atoms with Crippen LogP contribution in [0.5, 0.6) is 0 Å². The fourth-order valence-corrected chi connectivity index (χ4v) is 2.09. The lowest BCUT2D eigenvalue weighted by Gasteiger charge is -2.25. The van der Waals surface area contributed by atoms with E-state index in [9.17, 15) is 9.18 Å². The zero-order valence-electron chi connectivity index (χ0n) is 11.5. The summed E-state index contributed by atoms with van der Waals surface area (Å²) in [6.45, 7) is 5.73. The number of rotatable bonds is 1. The molecule has 1 fully saturated rings. The maximum absolute atomic E-state index is 14.8. The highest BCUT2D eigenvalue weighted by atomic mass is 19.1. The summed E-state index contributed by atoms with van der Waals surface area (Å²) >= 11 is 0. The number of halogens is 1. The number of carbonyl (C=O) groups is 1. The van der Waals surface area contributed by atoms with Crippen LogP contribution in [0.1, 0.15) is 32.9 Å². The summed E-state index contributed by atoms with van der Waals surface area (Å²) in [7, 11) is 0. The SMILES string of the molecule is CC(C)(C)OC(=O)N1CC[C@@](F)(c2ccccn2)C1. The molecule has 1 saturated heterocycles. The van der Waals surface area contributed by atoms with Crippen molar-refractivity contribution in [1.29, 1.82) is 0 Å². The highest BCUT2D eigenvalue weighted by Gasteiger charge is 2.43. The standard InChI is InChI=1S/C14H19FN2O2/c1-13(2,3)19-12(18)17-9-7-14(15,10-17)11-6-4-5-8-16-11/h4-6,8H,7,9-10H2,1-3H3/t14-/m0/s1. The Morgan fingerprint density at radius 2 is 2.21 bits per heavy atom. The van der Waals surface area contributed by atoms with Crippen LogP contribution in [0.2, 0.25) is 0 Å². The maximum Gasteiger partial charge on any atom is 0.410 e.